The summed E-state index contributed by atoms with van der Waals surface area (Å²) in [6, 6.07) is 8.15. The second-order valence-corrected chi connectivity index (χ2v) is 5.26. The van der Waals surface area contributed by atoms with Gasteiger partial charge in [-0.1, -0.05) is 24.3 Å². The Balaban J connectivity index is 2.09. The van der Waals surface area contributed by atoms with Crippen LogP contribution >= 0.6 is 0 Å². The molecule has 1 amide bonds. The van der Waals surface area contributed by atoms with Gasteiger partial charge in [0, 0.05) is 19.1 Å². The lowest BCUT2D eigenvalue weighted by Crippen LogP contribution is -2.52. The molecule has 1 aliphatic heterocycles. The SMILES string of the molecule is CC(C)N(CCO)C(=O)[C@H]1Cc2ccccc2CN1. The number of aliphatic hydroxyl groups is 1. The van der Waals surface area contributed by atoms with Crippen molar-refractivity contribution >= 4 is 5.91 Å². The van der Waals surface area contributed by atoms with Crippen LogP contribution in [0.1, 0.15) is 25.0 Å². The summed E-state index contributed by atoms with van der Waals surface area (Å²) < 4.78 is 0. The molecule has 1 heterocycles. The summed E-state index contributed by atoms with van der Waals surface area (Å²) in [6.07, 6.45) is 0.726. The van der Waals surface area contributed by atoms with E-state index in [1.807, 2.05) is 26.0 Å². The quantitative estimate of drug-likeness (QED) is 0.849. The van der Waals surface area contributed by atoms with E-state index in [2.05, 4.69) is 17.4 Å². The smallest absolute Gasteiger partial charge is 0.240 e. The summed E-state index contributed by atoms with van der Waals surface area (Å²) in [4.78, 5) is 14.2. The fourth-order valence-corrected chi connectivity index (χ4v) is 2.56. The van der Waals surface area contributed by atoms with Crippen molar-refractivity contribution in [3.05, 3.63) is 35.4 Å². The standard InChI is InChI=1S/C15H22N2O2/c1-11(2)17(7-8-18)15(19)14-9-12-5-3-4-6-13(12)10-16-14/h3-6,11,14,16,18H,7-10H2,1-2H3/t14-/m1/s1. The third kappa shape index (κ3) is 3.14. The molecular formula is C15H22N2O2. The predicted octanol–water partition coefficient (Wildman–Crippen LogP) is 0.930. The van der Waals surface area contributed by atoms with Crippen molar-refractivity contribution in [3.8, 4) is 0 Å². The Labute approximate surface area is 114 Å². The number of aliphatic hydroxyl groups excluding tert-OH is 1. The van der Waals surface area contributed by atoms with Crippen LogP contribution in [0.2, 0.25) is 0 Å². The van der Waals surface area contributed by atoms with E-state index in [-0.39, 0.29) is 24.6 Å². The molecule has 0 saturated heterocycles. The van der Waals surface area contributed by atoms with Gasteiger partial charge in [0.1, 0.15) is 0 Å². The summed E-state index contributed by atoms with van der Waals surface area (Å²) in [5.74, 6) is 0.0820. The Bertz CT molecular complexity index is 446. The number of hydrogen-bond donors (Lipinski definition) is 2. The van der Waals surface area contributed by atoms with E-state index in [1.54, 1.807) is 4.90 Å². The van der Waals surface area contributed by atoms with Gasteiger partial charge in [-0.3, -0.25) is 4.79 Å². The molecule has 2 N–H and O–H groups in total. The molecule has 1 aliphatic rings. The van der Waals surface area contributed by atoms with Crippen LogP contribution in [0, 0.1) is 0 Å². The monoisotopic (exact) mass is 262 g/mol. The lowest BCUT2D eigenvalue weighted by Gasteiger charge is -2.33. The predicted molar refractivity (Wildman–Crippen MR) is 74.7 cm³/mol. The Morgan fingerprint density at radius 1 is 1.42 bits per heavy atom. The van der Waals surface area contributed by atoms with Gasteiger partial charge in [0.25, 0.3) is 0 Å². The average Bonchev–Trinajstić information content (AvgIpc) is 2.43. The van der Waals surface area contributed by atoms with Crippen LogP contribution in [0.5, 0.6) is 0 Å². The Morgan fingerprint density at radius 2 is 2.11 bits per heavy atom. The highest BCUT2D eigenvalue weighted by atomic mass is 16.3. The van der Waals surface area contributed by atoms with E-state index >= 15 is 0 Å². The molecule has 0 spiro atoms. The third-order valence-corrected chi connectivity index (χ3v) is 3.63. The average molecular weight is 262 g/mol. The maximum Gasteiger partial charge on any atom is 0.240 e. The van der Waals surface area contributed by atoms with Crippen molar-refractivity contribution in [2.24, 2.45) is 0 Å². The molecule has 0 saturated carbocycles. The zero-order valence-electron chi connectivity index (χ0n) is 11.6. The minimum absolute atomic E-state index is 0.00717. The van der Waals surface area contributed by atoms with Gasteiger partial charge < -0.3 is 15.3 Å². The van der Waals surface area contributed by atoms with Gasteiger partial charge in [0.2, 0.25) is 5.91 Å². The van der Waals surface area contributed by atoms with E-state index < -0.39 is 0 Å². The first kappa shape index (κ1) is 14.0. The zero-order chi connectivity index (χ0) is 13.8. The minimum Gasteiger partial charge on any atom is -0.395 e. The maximum absolute atomic E-state index is 12.5. The molecular weight excluding hydrogens is 240 g/mol. The fourth-order valence-electron chi connectivity index (χ4n) is 2.56. The van der Waals surface area contributed by atoms with Crippen molar-refractivity contribution in [1.82, 2.24) is 10.2 Å². The van der Waals surface area contributed by atoms with Gasteiger partial charge in [-0.15, -0.1) is 0 Å². The van der Waals surface area contributed by atoms with Crippen LogP contribution in [-0.4, -0.2) is 41.1 Å². The minimum atomic E-state index is -0.177. The molecule has 0 unspecified atom stereocenters. The van der Waals surface area contributed by atoms with Crippen molar-refractivity contribution in [2.45, 2.75) is 38.9 Å². The number of rotatable bonds is 4. The second-order valence-electron chi connectivity index (χ2n) is 5.26. The zero-order valence-corrected chi connectivity index (χ0v) is 11.6. The van der Waals surface area contributed by atoms with Crippen molar-refractivity contribution in [3.63, 3.8) is 0 Å². The largest absolute Gasteiger partial charge is 0.395 e. The molecule has 4 nitrogen and oxygen atoms in total. The summed E-state index contributed by atoms with van der Waals surface area (Å²) in [7, 11) is 0. The number of nitrogens with one attached hydrogen (secondary N) is 1. The van der Waals surface area contributed by atoms with Crippen LogP contribution < -0.4 is 5.32 Å². The maximum atomic E-state index is 12.5. The van der Waals surface area contributed by atoms with E-state index in [0.29, 0.717) is 6.54 Å². The van der Waals surface area contributed by atoms with Crippen molar-refractivity contribution < 1.29 is 9.90 Å². The number of carbonyl (C=O) groups is 1. The molecule has 0 radical (unpaired) electrons. The lowest BCUT2D eigenvalue weighted by atomic mass is 9.95. The molecule has 0 bridgehead atoms. The molecule has 104 valence electrons. The van der Waals surface area contributed by atoms with Crippen LogP contribution in [0.25, 0.3) is 0 Å². The topological polar surface area (TPSA) is 52.6 Å². The van der Waals surface area contributed by atoms with Crippen LogP contribution in [-0.2, 0) is 17.8 Å². The first-order valence-corrected chi connectivity index (χ1v) is 6.85. The number of carbonyl (C=O) groups excluding carboxylic acids is 1. The van der Waals surface area contributed by atoms with Crippen LogP contribution in [0.4, 0.5) is 0 Å². The molecule has 4 heteroatoms. The fraction of sp³-hybridized carbons (Fsp3) is 0.533. The van der Waals surface area contributed by atoms with E-state index in [0.717, 1.165) is 13.0 Å². The highest BCUT2D eigenvalue weighted by Gasteiger charge is 2.28. The van der Waals surface area contributed by atoms with Crippen molar-refractivity contribution in [1.29, 1.82) is 0 Å². The van der Waals surface area contributed by atoms with Gasteiger partial charge >= 0.3 is 0 Å². The number of benzene rings is 1. The van der Waals surface area contributed by atoms with Gasteiger partial charge in [-0.25, -0.2) is 0 Å². The van der Waals surface area contributed by atoms with Gasteiger partial charge in [0.15, 0.2) is 0 Å². The molecule has 1 aromatic carbocycles. The normalized spacial score (nSPS) is 18.2. The number of hydrogen-bond acceptors (Lipinski definition) is 3. The lowest BCUT2D eigenvalue weighted by molar-refractivity contribution is -0.135. The van der Waals surface area contributed by atoms with E-state index in [4.69, 9.17) is 5.11 Å². The summed E-state index contributed by atoms with van der Waals surface area (Å²) in [5, 5.41) is 12.4. The van der Waals surface area contributed by atoms with Crippen LogP contribution in [0.15, 0.2) is 24.3 Å². The summed E-state index contributed by atoms with van der Waals surface area (Å²) in [6.45, 7) is 5.09. The van der Waals surface area contributed by atoms with Crippen molar-refractivity contribution in [2.75, 3.05) is 13.2 Å². The molecule has 2 rings (SSSR count). The molecule has 0 aromatic heterocycles. The molecule has 1 atom stereocenters. The highest BCUT2D eigenvalue weighted by molar-refractivity contribution is 5.82. The summed E-state index contributed by atoms with van der Waals surface area (Å²) in [5.41, 5.74) is 2.51. The number of fused-ring (bicyclic) bond motifs is 1. The van der Waals surface area contributed by atoms with E-state index in [9.17, 15) is 4.79 Å². The molecule has 0 fully saturated rings. The first-order valence-electron chi connectivity index (χ1n) is 6.85. The molecule has 19 heavy (non-hydrogen) atoms. The van der Waals surface area contributed by atoms with Crippen LogP contribution in [0.3, 0.4) is 0 Å². The van der Waals surface area contributed by atoms with E-state index in [1.165, 1.54) is 11.1 Å². The Hall–Kier alpha value is -1.39. The first-order chi connectivity index (χ1) is 9.13. The number of amides is 1. The summed E-state index contributed by atoms with van der Waals surface area (Å²) >= 11 is 0. The molecule has 1 aromatic rings. The second kappa shape index (κ2) is 6.17. The van der Waals surface area contributed by atoms with Gasteiger partial charge in [0.05, 0.1) is 12.6 Å². The molecule has 0 aliphatic carbocycles. The number of nitrogens with zero attached hydrogens (tertiary/aromatic N) is 1. The highest BCUT2D eigenvalue weighted by Crippen LogP contribution is 2.18. The Morgan fingerprint density at radius 3 is 2.74 bits per heavy atom. The van der Waals surface area contributed by atoms with Gasteiger partial charge in [-0.05, 0) is 31.4 Å². The van der Waals surface area contributed by atoms with Gasteiger partial charge in [-0.2, -0.15) is 0 Å². The third-order valence-electron chi connectivity index (χ3n) is 3.63. The Kier molecular flexibility index (Phi) is 4.56.